The number of nitrogens with one attached hydrogen (secondary N) is 1. The second-order valence-corrected chi connectivity index (χ2v) is 6.68. The SMILES string of the molecule is CC(=O)N(NCCCCCCC(=O)OCCO)c1ccc2c(c1)CCC2. The molecule has 0 atom stereocenters. The first kappa shape index (κ1) is 20.4. The summed E-state index contributed by atoms with van der Waals surface area (Å²) in [6.45, 7) is 2.23. The number of benzene rings is 1. The second kappa shape index (κ2) is 10.9. The van der Waals surface area contributed by atoms with Gasteiger partial charge in [0.25, 0.3) is 0 Å². The van der Waals surface area contributed by atoms with Crippen LogP contribution in [-0.2, 0) is 27.2 Å². The predicted molar refractivity (Wildman–Crippen MR) is 101 cm³/mol. The number of rotatable bonds is 11. The summed E-state index contributed by atoms with van der Waals surface area (Å²) < 4.78 is 4.81. The van der Waals surface area contributed by atoms with Crippen molar-refractivity contribution in [3.63, 3.8) is 0 Å². The Labute approximate surface area is 155 Å². The molecule has 1 aromatic carbocycles. The summed E-state index contributed by atoms with van der Waals surface area (Å²) in [5.74, 6) is -0.272. The smallest absolute Gasteiger partial charge is 0.305 e. The highest BCUT2D eigenvalue weighted by Gasteiger charge is 2.16. The Morgan fingerprint density at radius 1 is 1.15 bits per heavy atom. The quantitative estimate of drug-likeness (QED) is 0.359. The number of aliphatic hydroxyl groups is 1. The maximum Gasteiger partial charge on any atom is 0.305 e. The van der Waals surface area contributed by atoms with Crippen molar-refractivity contribution in [3.05, 3.63) is 29.3 Å². The number of carbonyl (C=O) groups excluding carboxylic acids is 2. The molecule has 0 aromatic heterocycles. The maximum absolute atomic E-state index is 12.0. The number of hydrazine groups is 1. The lowest BCUT2D eigenvalue weighted by molar-refractivity contribution is -0.144. The number of hydrogen-bond donors (Lipinski definition) is 2. The van der Waals surface area contributed by atoms with E-state index >= 15 is 0 Å². The minimum Gasteiger partial charge on any atom is -0.463 e. The number of esters is 1. The zero-order valence-electron chi connectivity index (χ0n) is 15.6. The maximum atomic E-state index is 12.0. The molecule has 1 aromatic rings. The van der Waals surface area contributed by atoms with Crippen molar-refractivity contribution in [2.24, 2.45) is 0 Å². The lowest BCUT2D eigenvalue weighted by Crippen LogP contribution is -2.42. The van der Waals surface area contributed by atoms with Crippen molar-refractivity contribution in [1.82, 2.24) is 5.43 Å². The predicted octanol–water partition coefficient (Wildman–Crippen LogP) is 2.52. The Hall–Kier alpha value is -1.92. The molecule has 2 N–H and O–H groups in total. The van der Waals surface area contributed by atoms with Gasteiger partial charge in [0.05, 0.1) is 12.3 Å². The van der Waals surface area contributed by atoms with E-state index in [1.165, 1.54) is 17.5 Å². The number of unbranched alkanes of at least 4 members (excludes halogenated alkanes) is 3. The molecule has 0 spiro atoms. The molecule has 0 saturated heterocycles. The lowest BCUT2D eigenvalue weighted by Gasteiger charge is -2.23. The van der Waals surface area contributed by atoms with Crippen LogP contribution in [0.3, 0.4) is 0 Å². The normalized spacial score (nSPS) is 12.7. The van der Waals surface area contributed by atoms with E-state index in [0.717, 1.165) is 44.2 Å². The summed E-state index contributed by atoms with van der Waals surface area (Å²) >= 11 is 0. The Balaban J connectivity index is 1.66. The molecule has 1 aliphatic carbocycles. The molecule has 0 aliphatic heterocycles. The number of ether oxygens (including phenoxy) is 1. The number of aliphatic hydroxyl groups excluding tert-OH is 1. The highest BCUT2D eigenvalue weighted by atomic mass is 16.5. The van der Waals surface area contributed by atoms with Crippen molar-refractivity contribution in [2.75, 3.05) is 24.8 Å². The number of anilines is 1. The van der Waals surface area contributed by atoms with Gasteiger partial charge in [0.1, 0.15) is 6.61 Å². The second-order valence-electron chi connectivity index (χ2n) is 6.68. The summed E-state index contributed by atoms with van der Waals surface area (Å²) in [5.41, 5.74) is 6.87. The third kappa shape index (κ3) is 6.42. The van der Waals surface area contributed by atoms with Crippen LogP contribution in [0.4, 0.5) is 5.69 Å². The molecule has 1 amide bonds. The molecule has 6 heteroatoms. The van der Waals surface area contributed by atoms with Gasteiger partial charge in [0.2, 0.25) is 5.91 Å². The molecule has 0 unspecified atom stereocenters. The van der Waals surface area contributed by atoms with Crippen LogP contribution in [-0.4, -0.2) is 36.7 Å². The van der Waals surface area contributed by atoms with Gasteiger partial charge in [-0.25, -0.2) is 10.4 Å². The number of fused-ring (bicyclic) bond motifs is 1. The van der Waals surface area contributed by atoms with Crippen molar-refractivity contribution < 1.29 is 19.4 Å². The van der Waals surface area contributed by atoms with Crippen LogP contribution in [0, 0.1) is 0 Å². The average molecular weight is 362 g/mol. The number of carbonyl (C=O) groups is 2. The van der Waals surface area contributed by atoms with Crippen LogP contribution >= 0.6 is 0 Å². The Kier molecular flexibility index (Phi) is 8.58. The van der Waals surface area contributed by atoms with Crippen LogP contribution in [0.15, 0.2) is 18.2 Å². The first-order chi connectivity index (χ1) is 12.6. The van der Waals surface area contributed by atoms with Gasteiger partial charge in [0.15, 0.2) is 0 Å². The molecule has 2 rings (SSSR count). The number of nitrogens with zero attached hydrogens (tertiary/aromatic N) is 1. The van der Waals surface area contributed by atoms with E-state index in [0.29, 0.717) is 13.0 Å². The van der Waals surface area contributed by atoms with E-state index in [9.17, 15) is 9.59 Å². The van der Waals surface area contributed by atoms with Crippen LogP contribution in [0.25, 0.3) is 0 Å². The molecule has 6 nitrogen and oxygen atoms in total. The van der Waals surface area contributed by atoms with Gasteiger partial charge in [-0.3, -0.25) is 9.59 Å². The fourth-order valence-corrected chi connectivity index (χ4v) is 3.25. The van der Waals surface area contributed by atoms with Gasteiger partial charge >= 0.3 is 5.97 Å². The molecule has 1 aliphatic rings. The summed E-state index contributed by atoms with van der Waals surface area (Å²) in [4.78, 5) is 23.3. The number of hydrogen-bond acceptors (Lipinski definition) is 5. The topological polar surface area (TPSA) is 78.9 Å². The number of amides is 1. The van der Waals surface area contributed by atoms with Crippen LogP contribution < -0.4 is 10.4 Å². The zero-order valence-corrected chi connectivity index (χ0v) is 15.6. The molecular weight excluding hydrogens is 332 g/mol. The van der Waals surface area contributed by atoms with Crippen molar-refractivity contribution in [1.29, 1.82) is 0 Å². The molecule has 0 fully saturated rings. The van der Waals surface area contributed by atoms with E-state index in [-0.39, 0.29) is 25.1 Å². The van der Waals surface area contributed by atoms with E-state index in [1.807, 2.05) is 6.07 Å². The fourth-order valence-electron chi connectivity index (χ4n) is 3.25. The molecule has 144 valence electrons. The molecule has 0 saturated carbocycles. The minimum absolute atomic E-state index is 0.0189. The first-order valence-electron chi connectivity index (χ1n) is 9.54. The first-order valence-corrected chi connectivity index (χ1v) is 9.54. The summed E-state index contributed by atoms with van der Waals surface area (Å²) in [6, 6.07) is 6.26. The van der Waals surface area contributed by atoms with E-state index < -0.39 is 0 Å². The minimum atomic E-state index is -0.253. The van der Waals surface area contributed by atoms with Crippen molar-refractivity contribution in [3.8, 4) is 0 Å². The molecule has 0 bridgehead atoms. The van der Waals surface area contributed by atoms with Crippen LogP contribution in [0.2, 0.25) is 0 Å². The average Bonchev–Trinajstić information content (AvgIpc) is 3.09. The fraction of sp³-hybridized carbons (Fsp3) is 0.600. The molecule has 0 heterocycles. The number of aryl methyl sites for hydroxylation is 2. The highest BCUT2D eigenvalue weighted by molar-refractivity contribution is 5.90. The van der Waals surface area contributed by atoms with E-state index in [1.54, 1.807) is 11.9 Å². The standard InChI is InChI=1S/C20H30N2O4/c1-16(24)22(19-11-10-17-7-6-8-18(17)15-19)21-12-5-3-2-4-9-20(25)26-14-13-23/h10-11,15,21,23H,2-9,12-14H2,1H3. The van der Waals surface area contributed by atoms with Crippen LogP contribution in [0.5, 0.6) is 0 Å². The summed E-state index contributed by atoms with van der Waals surface area (Å²) in [7, 11) is 0. The lowest BCUT2D eigenvalue weighted by atomic mass is 10.1. The molecule has 0 radical (unpaired) electrons. The van der Waals surface area contributed by atoms with Crippen LogP contribution in [0.1, 0.15) is 56.6 Å². The van der Waals surface area contributed by atoms with Gasteiger partial charge in [0, 0.05) is 19.9 Å². The summed E-state index contributed by atoms with van der Waals surface area (Å²) in [6.07, 6.45) is 7.45. The molecule has 26 heavy (non-hydrogen) atoms. The van der Waals surface area contributed by atoms with Gasteiger partial charge < -0.3 is 9.84 Å². The largest absolute Gasteiger partial charge is 0.463 e. The third-order valence-corrected chi connectivity index (χ3v) is 4.59. The van der Waals surface area contributed by atoms with Gasteiger partial charge in [-0.05, 0) is 55.4 Å². The van der Waals surface area contributed by atoms with Gasteiger partial charge in [-0.1, -0.05) is 18.9 Å². The van der Waals surface area contributed by atoms with E-state index in [2.05, 4.69) is 17.6 Å². The third-order valence-electron chi connectivity index (χ3n) is 4.59. The van der Waals surface area contributed by atoms with Gasteiger partial charge in [-0.15, -0.1) is 0 Å². The van der Waals surface area contributed by atoms with Crippen molar-refractivity contribution >= 4 is 17.6 Å². The zero-order chi connectivity index (χ0) is 18.8. The van der Waals surface area contributed by atoms with E-state index in [4.69, 9.17) is 9.84 Å². The molecular formula is C20H30N2O4. The summed E-state index contributed by atoms with van der Waals surface area (Å²) in [5, 5.41) is 10.2. The van der Waals surface area contributed by atoms with Gasteiger partial charge in [-0.2, -0.15) is 0 Å². The monoisotopic (exact) mass is 362 g/mol. The Morgan fingerprint density at radius 3 is 2.69 bits per heavy atom. The highest BCUT2D eigenvalue weighted by Crippen LogP contribution is 2.26. The van der Waals surface area contributed by atoms with Crippen molar-refractivity contribution in [2.45, 2.75) is 58.3 Å². The Bertz CT molecular complexity index is 603. The Morgan fingerprint density at radius 2 is 1.92 bits per heavy atom.